The SMILES string of the molecule is CN(C(=O)Cc1cccc([N+](=O)[O-])c1)[C@H]1CC[C@@]2(O)[C@H]3Cc4ccc(O)c5c4[C@@]2(CCN3CC2CC2)[C@H]1O5.Cl. The predicted octanol–water partition coefficient (Wildman–Crippen LogP) is 3.36. The average molecular weight is 556 g/mol. The lowest BCUT2D eigenvalue weighted by molar-refractivity contribution is -0.384. The largest absolute Gasteiger partial charge is 0.504 e. The third kappa shape index (κ3) is 3.69. The van der Waals surface area contributed by atoms with Crippen molar-refractivity contribution in [3.05, 3.63) is 63.2 Å². The maximum atomic E-state index is 13.5. The highest BCUT2D eigenvalue weighted by molar-refractivity contribution is 5.85. The summed E-state index contributed by atoms with van der Waals surface area (Å²) in [4.78, 5) is 28.4. The second kappa shape index (κ2) is 9.08. The molecule has 2 aliphatic heterocycles. The minimum atomic E-state index is -1.00. The van der Waals surface area contributed by atoms with Crippen LogP contribution in [0.3, 0.4) is 0 Å². The summed E-state index contributed by atoms with van der Waals surface area (Å²) in [6.07, 6.45) is 4.65. The Labute approximate surface area is 233 Å². The Morgan fingerprint density at radius 1 is 1.23 bits per heavy atom. The number of non-ortho nitro benzene ring substituents is 1. The van der Waals surface area contributed by atoms with Gasteiger partial charge in [-0.2, -0.15) is 0 Å². The number of halogens is 1. The Balaban J connectivity index is 0.00000277. The van der Waals surface area contributed by atoms with E-state index in [0.29, 0.717) is 36.5 Å². The zero-order valence-corrected chi connectivity index (χ0v) is 22.7. The van der Waals surface area contributed by atoms with E-state index in [9.17, 15) is 25.1 Å². The van der Waals surface area contributed by atoms with Crippen LogP contribution in [0, 0.1) is 16.0 Å². The Kier molecular flexibility index (Phi) is 6.13. The summed E-state index contributed by atoms with van der Waals surface area (Å²) >= 11 is 0. The van der Waals surface area contributed by atoms with Crippen LogP contribution in [0.2, 0.25) is 0 Å². The molecule has 5 atom stereocenters. The summed E-state index contributed by atoms with van der Waals surface area (Å²) in [5.41, 5.74) is 0.921. The standard InChI is InChI=1S/C29H33N3O6.ClH/c1-30(24(34)14-18-3-2-4-20(13-18)32(36)37)21-9-10-29(35)23-15-19-7-8-22(33)26-25(19)28(29,27(21)38-26)11-12-31(23)16-17-5-6-17;/h2-4,7-8,13,17,21,23,27,33,35H,5-6,9-12,14-16H2,1H3;1H/t21-,23+,27-,28-,29+;/m0./s1. The van der Waals surface area contributed by atoms with E-state index in [0.717, 1.165) is 30.6 Å². The number of nitro groups is 1. The van der Waals surface area contributed by atoms with E-state index < -0.39 is 22.0 Å². The quantitative estimate of drug-likeness (QED) is 0.415. The van der Waals surface area contributed by atoms with Crippen molar-refractivity contribution in [2.45, 2.75) is 74.1 Å². The number of carbonyl (C=O) groups is 1. The normalized spacial score (nSPS) is 32.0. The number of carbonyl (C=O) groups excluding carboxylic acids is 1. The summed E-state index contributed by atoms with van der Waals surface area (Å²) < 4.78 is 6.58. The monoisotopic (exact) mass is 555 g/mol. The van der Waals surface area contributed by atoms with Crippen molar-refractivity contribution in [1.29, 1.82) is 0 Å². The van der Waals surface area contributed by atoms with Crippen molar-refractivity contribution in [2.75, 3.05) is 20.1 Å². The molecule has 2 aromatic rings. The lowest BCUT2D eigenvalue weighted by atomic mass is 9.48. The molecule has 1 spiro atoms. The predicted molar refractivity (Wildman–Crippen MR) is 145 cm³/mol. The number of nitro benzene ring substituents is 1. The molecule has 0 unspecified atom stereocenters. The number of hydrogen-bond donors (Lipinski definition) is 2. The topological polar surface area (TPSA) is 116 Å². The maximum absolute atomic E-state index is 13.5. The third-order valence-corrected chi connectivity index (χ3v) is 10.1. The van der Waals surface area contributed by atoms with Gasteiger partial charge in [0.25, 0.3) is 5.69 Å². The molecule has 1 amide bonds. The number of phenolic OH excluding ortho intramolecular Hbond substituents is 1. The van der Waals surface area contributed by atoms with Gasteiger partial charge in [-0.05, 0) is 68.2 Å². The number of likely N-dealkylation sites (N-methyl/N-ethyl adjacent to an activating group) is 1. The van der Waals surface area contributed by atoms with Gasteiger partial charge < -0.3 is 19.8 Å². The van der Waals surface area contributed by atoms with Gasteiger partial charge in [-0.15, -0.1) is 12.4 Å². The molecule has 9 nitrogen and oxygen atoms in total. The Hall–Kier alpha value is -2.88. The fourth-order valence-electron chi connectivity index (χ4n) is 8.12. The van der Waals surface area contributed by atoms with Crippen LogP contribution in [0.1, 0.15) is 48.8 Å². The Morgan fingerprint density at radius 3 is 2.77 bits per heavy atom. The molecule has 0 aromatic heterocycles. The number of ether oxygens (including phenoxy) is 1. The molecule has 0 radical (unpaired) electrons. The van der Waals surface area contributed by atoms with Gasteiger partial charge >= 0.3 is 0 Å². The lowest BCUT2D eigenvalue weighted by Gasteiger charge is -2.64. The molecular formula is C29H34ClN3O6. The fraction of sp³-hybridized carbons (Fsp3) is 0.552. The Bertz CT molecular complexity index is 1350. The van der Waals surface area contributed by atoms with Crippen LogP contribution in [0.15, 0.2) is 36.4 Å². The molecule has 7 rings (SSSR count). The fourth-order valence-corrected chi connectivity index (χ4v) is 8.12. The second-order valence-electron chi connectivity index (χ2n) is 12.0. The van der Waals surface area contributed by atoms with Crippen molar-refractivity contribution in [1.82, 2.24) is 9.80 Å². The molecule has 2 bridgehead atoms. The van der Waals surface area contributed by atoms with Gasteiger partial charge in [0, 0.05) is 37.3 Å². The maximum Gasteiger partial charge on any atom is 0.269 e. The summed E-state index contributed by atoms with van der Waals surface area (Å²) in [5, 5.41) is 34.6. The van der Waals surface area contributed by atoms with Crippen LogP contribution in [0.4, 0.5) is 5.69 Å². The minimum absolute atomic E-state index is 0. The van der Waals surface area contributed by atoms with Gasteiger partial charge in [0.05, 0.1) is 28.4 Å². The van der Waals surface area contributed by atoms with E-state index in [1.54, 1.807) is 30.1 Å². The molecule has 1 saturated heterocycles. The van der Waals surface area contributed by atoms with Gasteiger partial charge in [-0.3, -0.25) is 19.8 Å². The van der Waals surface area contributed by atoms with Gasteiger partial charge in [0.2, 0.25) is 5.91 Å². The van der Waals surface area contributed by atoms with E-state index in [2.05, 4.69) is 4.90 Å². The van der Waals surface area contributed by atoms with Gasteiger partial charge in [-0.25, -0.2) is 0 Å². The molecule has 3 fully saturated rings. The first-order valence-corrected chi connectivity index (χ1v) is 13.7. The number of hydrogen-bond acceptors (Lipinski definition) is 7. The van der Waals surface area contributed by atoms with Crippen LogP contribution in [-0.4, -0.2) is 74.8 Å². The molecular weight excluding hydrogens is 522 g/mol. The number of piperidine rings is 1. The summed E-state index contributed by atoms with van der Waals surface area (Å²) in [6.45, 7) is 1.87. The van der Waals surface area contributed by atoms with Crippen LogP contribution in [0.5, 0.6) is 11.5 Å². The summed E-state index contributed by atoms with van der Waals surface area (Å²) in [6, 6.07) is 9.55. The number of rotatable bonds is 6. The van der Waals surface area contributed by atoms with Crippen LogP contribution in [0.25, 0.3) is 0 Å². The van der Waals surface area contributed by atoms with Crippen LogP contribution in [-0.2, 0) is 23.1 Å². The van der Waals surface area contributed by atoms with Gasteiger partial charge in [-0.1, -0.05) is 18.2 Å². The van der Waals surface area contributed by atoms with Crippen molar-refractivity contribution < 1.29 is 24.7 Å². The lowest BCUT2D eigenvalue weighted by Crippen LogP contribution is -2.78. The number of aliphatic hydroxyl groups is 1. The first kappa shape index (κ1) is 26.3. The number of nitrogens with zero attached hydrogens (tertiary/aromatic N) is 3. The minimum Gasteiger partial charge on any atom is -0.504 e. The highest BCUT2D eigenvalue weighted by atomic mass is 35.5. The van der Waals surface area contributed by atoms with Crippen LogP contribution < -0.4 is 4.74 Å². The molecule has 208 valence electrons. The average Bonchev–Trinajstić information content (AvgIpc) is 3.64. The number of aromatic hydroxyl groups is 1. The molecule has 39 heavy (non-hydrogen) atoms. The van der Waals surface area contributed by atoms with E-state index in [-0.39, 0.29) is 48.3 Å². The zero-order valence-electron chi connectivity index (χ0n) is 21.9. The molecule has 2 saturated carbocycles. The van der Waals surface area contributed by atoms with Crippen molar-refractivity contribution in [2.24, 2.45) is 5.92 Å². The van der Waals surface area contributed by atoms with Crippen molar-refractivity contribution >= 4 is 24.0 Å². The molecule has 5 aliphatic rings. The summed E-state index contributed by atoms with van der Waals surface area (Å²) in [7, 11) is 1.76. The smallest absolute Gasteiger partial charge is 0.269 e. The van der Waals surface area contributed by atoms with Crippen LogP contribution >= 0.6 is 12.4 Å². The molecule has 2 N–H and O–H groups in total. The van der Waals surface area contributed by atoms with E-state index in [1.165, 1.54) is 25.0 Å². The molecule has 10 heteroatoms. The van der Waals surface area contributed by atoms with E-state index in [4.69, 9.17) is 4.74 Å². The molecule has 2 heterocycles. The van der Waals surface area contributed by atoms with Gasteiger partial charge in [0.1, 0.15) is 6.10 Å². The van der Waals surface area contributed by atoms with Gasteiger partial charge in [0.15, 0.2) is 11.5 Å². The van der Waals surface area contributed by atoms with E-state index in [1.807, 2.05) is 6.07 Å². The highest BCUT2D eigenvalue weighted by Gasteiger charge is 2.73. The third-order valence-electron chi connectivity index (χ3n) is 10.1. The van der Waals surface area contributed by atoms with E-state index >= 15 is 0 Å². The summed E-state index contributed by atoms with van der Waals surface area (Å²) in [5.74, 6) is 1.11. The Morgan fingerprint density at radius 2 is 2.03 bits per heavy atom. The number of phenols is 1. The first-order chi connectivity index (χ1) is 18.2. The number of benzene rings is 2. The number of likely N-dealkylation sites (tertiary alicyclic amines) is 1. The second-order valence-corrected chi connectivity index (χ2v) is 12.0. The highest BCUT2D eigenvalue weighted by Crippen LogP contribution is 2.66. The zero-order chi connectivity index (χ0) is 26.4. The molecule has 2 aromatic carbocycles. The van der Waals surface area contributed by atoms with Crippen molar-refractivity contribution in [3.63, 3.8) is 0 Å². The first-order valence-electron chi connectivity index (χ1n) is 13.7. The molecule has 3 aliphatic carbocycles. The van der Waals surface area contributed by atoms with Crippen molar-refractivity contribution in [3.8, 4) is 11.5 Å². The number of amides is 1.